The van der Waals surface area contributed by atoms with Crippen LogP contribution in [0.4, 0.5) is 13.2 Å². The topological polar surface area (TPSA) is 91.0 Å². The standard InChI is InChI=1S/C23H20ClF3N4O3S2/c24-17-3-2-15(18(11-17)23(25,26)27)13-31-19-4-1-14(9-16(19)12-28-31)10-20-21(32)29-22(35-20)30-5-7-36(33,34)8-6-30/h1-4,9-12,33-34H,5-8,13H2. The molecule has 1 fully saturated rings. The molecule has 1 saturated heterocycles. The van der Waals surface area contributed by atoms with Crippen LogP contribution in [-0.2, 0) is 17.5 Å². The van der Waals surface area contributed by atoms with Gasteiger partial charge in [-0.25, -0.2) is 0 Å². The predicted octanol–water partition coefficient (Wildman–Crippen LogP) is 5.79. The molecule has 13 heteroatoms. The molecule has 2 aromatic carbocycles. The van der Waals surface area contributed by atoms with Crippen molar-refractivity contribution >= 4 is 62.0 Å². The van der Waals surface area contributed by atoms with Gasteiger partial charge in [-0.05, 0) is 53.2 Å². The average Bonchev–Trinajstić information content (AvgIpc) is 3.37. The first-order valence-corrected chi connectivity index (χ1v) is 13.9. The summed E-state index contributed by atoms with van der Waals surface area (Å²) in [4.78, 5) is 18.9. The van der Waals surface area contributed by atoms with Crippen LogP contribution < -0.4 is 0 Å². The maximum atomic E-state index is 13.5. The number of fused-ring (bicyclic) bond motifs is 1. The minimum absolute atomic E-state index is 0.0110. The number of carbonyl (C=O) groups excluding carboxylic acids is 1. The van der Waals surface area contributed by atoms with Crippen LogP contribution in [0.1, 0.15) is 16.7 Å². The van der Waals surface area contributed by atoms with Gasteiger partial charge in [0.2, 0.25) is 0 Å². The molecular weight excluding hydrogens is 537 g/mol. The van der Waals surface area contributed by atoms with Gasteiger partial charge < -0.3 is 4.90 Å². The average molecular weight is 557 g/mol. The van der Waals surface area contributed by atoms with Gasteiger partial charge in [0.25, 0.3) is 5.91 Å². The van der Waals surface area contributed by atoms with Crippen molar-refractivity contribution in [2.75, 3.05) is 24.6 Å². The first-order chi connectivity index (χ1) is 17.0. The van der Waals surface area contributed by atoms with Gasteiger partial charge >= 0.3 is 6.18 Å². The molecule has 3 aromatic rings. The number of aliphatic imine (C=N–C) groups is 1. The smallest absolute Gasteiger partial charge is 0.348 e. The molecule has 0 bridgehead atoms. The van der Waals surface area contributed by atoms with E-state index in [9.17, 15) is 27.1 Å². The van der Waals surface area contributed by atoms with E-state index in [0.29, 0.717) is 34.1 Å². The summed E-state index contributed by atoms with van der Waals surface area (Å²) in [6.07, 6.45) is -1.26. The number of aromatic nitrogens is 2. The monoisotopic (exact) mass is 556 g/mol. The highest BCUT2D eigenvalue weighted by Gasteiger charge is 2.34. The molecule has 1 amide bonds. The fourth-order valence-electron chi connectivity index (χ4n) is 4.04. The molecule has 0 radical (unpaired) electrons. The van der Waals surface area contributed by atoms with E-state index in [1.807, 2.05) is 4.90 Å². The minimum atomic E-state index is -4.54. The Morgan fingerprint density at radius 1 is 1.14 bits per heavy atom. The van der Waals surface area contributed by atoms with Crippen LogP contribution in [0.5, 0.6) is 0 Å². The van der Waals surface area contributed by atoms with Crippen LogP contribution >= 0.6 is 34.0 Å². The second-order valence-electron chi connectivity index (χ2n) is 8.43. The Hall–Kier alpha value is -2.51. The molecule has 0 atom stereocenters. The molecule has 2 aliphatic rings. The van der Waals surface area contributed by atoms with Crippen molar-refractivity contribution < 1.29 is 27.1 Å². The Morgan fingerprint density at radius 2 is 1.89 bits per heavy atom. The highest BCUT2D eigenvalue weighted by atomic mass is 35.5. The second kappa shape index (κ2) is 9.42. The van der Waals surface area contributed by atoms with E-state index < -0.39 is 22.3 Å². The van der Waals surface area contributed by atoms with Crippen LogP contribution in [0.25, 0.3) is 17.0 Å². The van der Waals surface area contributed by atoms with E-state index in [0.717, 1.165) is 11.6 Å². The number of amides is 1. The number of amidine groups is 1. The van der Waals surface area contributed by atoms with E-state index in [1.54, 1.807) is 30.5 Å². The SMILES string of the molecule is O=C1N=C(N2CCS(O)(O)CC2)SC1=Cc1ccc2c(cnn2Cc2ccc(Cl)cc2C(F)(F)F)c1. The third-order valence-electron chi connectivity index (χ3n) is 5.92. The van der Waals surface area contributed by atoms with Gasteiger partial charge in [0.1, 0.15) is 0 Å². The summed E-state index contributed by atoms with van der Waals surface area (Å²) in [5.74, 6) is 0.132. The minimum Gasteiger partial charge on any atom is -0.348 e. The molecule has 7 nitrogen and oxygen atoms in total. The van der Waals surface area contributed by atoms with Crippen molar-refractivity contribution in [2.24, 2.45) is 4.99 Å². The van der Waals surface area contributed by atoms with Gasteiger partial charge in [0, 0.05) is 23.5 Å². The predicted molar refractivity (Wildman–Crippen MR) is 137 cm³/mol. The summed E-state index contributed by atoms with van der Waals surface area (Å²) in [7, 11) is -2.55. The molecule has 190 valence electrons. The molecule has 0 aliphatic carbocycles. The van der Waals surface area contributed by atoms with Crippen molar-refractivity contribution in [1.29, 1.82) is 0 Å². The lowest BCUT2D eigenvalue weighted by Crippen LogP contribution is -2.40. The summed E-state index contributed by atoms with van der Waals surface area (Å²) in [6, 6.07) is 9.00. The van der Waals surface area contributed by atoms with Gasteiger partial charge in [0.15, 0.2) is 5.17 Å². The Balaban J connectivity index is 1.34. The first-order valence-electron chi connectivity index (χ1n) is 10.8. The maximum absolute atomic E-state index is 13.5. The van der Waals surface area contributed by atoms with Crippen LogP contribution in [0.2, 0.25) is 5.02 Å². The third kappa shape index (κ3) is 5.28. The number of nitrogens with zero attached hydrogens (tertiary/aromatic N) is 4. The van der Waals surface area contributed by atoms with E-state index >= 15 is 0 Å². The number of halogens is 4. The van der Waals surface area contributed by atoms with Crippen molar-refractivity contribution in [3.8, 4) is 0 Å². The van der Waals surface area contributed by atoms with Crippen LogP contribution in [0.15, 0.2) is 52.5 Å². The van der Waals surface area contributed by atoms with Crippen molar-refractivity contribution in [3.05, 3.63) is 69.2 Å². The number of hydrogen-bond donors (Lipinski definition) is 2. The number of benzene rings is 2. The van der Waals surface area contributed by atoms with Crippen LogP contribution in [0.3, 0.4) is 0 Å². The van der Waals surface area contributed by atoms with E-state index in [-0.39, 0.29) is 34.5 Å². The lowest BCUT2D eigenvalue weighted by atomic mass is 10.1. The highest BCUT2D eigenvalue weighted by Crippen LogP contribution is 2.42. The van der Waals surface area contributed by atoms with Crippen molar-refractivity contribution in [1.82, 2.24) is 14.7 Å². The van der Waals surface area contributed by atoms with Crippen molar-refractivity contribution in [3.63, 3.8) is 0 Å². The Morgan fingerprint density at radius 3 is 2.61 bits per heavy atom. The van der Waals surface area contributed by atoms with Crippen LogP contribution in [-0.4, -0.2) is 59.5 Å². The number of alkyl halides is 3. The second-order valence-corrected chi connectivity index (χ2v) is 12.3. The van der Waals surface area contributed by atoms with E-state index in [4.69, 9.17) is 11.6 Å². The molecule has 2 aliphatic heterocycles. The third-order valence-corrected chi connectivity index (χ3v) is 8.87. The largest absolute Gasteiger partial charge is 0.416 e. The zero-order chi connectivity index (χ0) is 25.7. The van der Waals surface area contributed by atoms with Gasteiger partial charge in [-0.2, -0.15) is 33.9 Å². The summed E-state index contributed by atoms with van der Waals surface area (Å²) < 4.78 is 61.5. The Bertz CT molecular complexity index is 1410. The number of carbonyl (C=O) groups is 1. The zero-order valence-electron chi connectivity index (χ0n) is 18.6. The van der Waals surface area contributed by atoms with Gasteiger partial charge in [0.05, 0.1) is 40.2 Å². The lowest BCUT2D eigenvalue weighted by molar-refractivity contribution is -0.138. The normalized spacial score (nSPS) is 20.3. The molecule has 0 saturated carbocycles. The number of hydrogen-bond acceptors (Lipinski definition) is 6. The van der Waals surface area contributed by atoms with E-state index in [2.05, 4.69) is 10.1 Å². The molecule has 1 aromatic heterocycles. The summed E-state index contributed by atoms with van der Waals surface area (Å²) in [5.41, 5.74) is 0.630. The van der Waals surface area contributed by atoms with Gasteiger partial charge in [-0.3, -0.25) is 18.6 Å². The number of rotatable bonds is 3. The van der Waals surface area contributed by atoms with Gasteiger partial charge in [-0.15, -0.1) is 0 Å². The summed E-state index contributed by atoms with van der Waals surface area (Å²) in [6.45, 7) is 0.759. The number of thioether (sulfide) groups is 1. The van der Waals surface area contributed by atoms with Crippen molar-refractivity contribution in [2.45, 2.75) is 12.7 Å². The fourth-order valence-corrected chi connectivity index (χ4v) is 6.40. The zero-order valence-corrected chi connectivity index (χ0v) is 21.0. The molecule has 2 N–H and O–H groups in total. The quantitative estimate of drug-likeness (QED) is 0.397. The Labute approximate surface area is 215 Å². The first kappa shape index (κ1) is 25.2. The molecule has 0 unspecified atom stereocenters. The molecule has 0 spiro atoms. The maximum Gasteiger partial charge on any atom is 0.416 e. The lowest BCUT2D eigenvalue weighted by Gasteiger charge is -2.41. The molecule has 36 heavy (non-hydrogen) atoms. The van der Waals surface area contributed by atoms with Crippen LogP contribution in [0, 0.1) is 0 Å². The summed E-state index contributed by atoms with van der Waals surface area (Å²) >= 11 is 7.01. The Kier molecular flexibility index (Phi) is 6.58. The highest BCUT2D eigenvalue weighted by molar-refractivity contribution is 8.24. The van der Waals surface area contributed by atoms with E-state index in [1.165, 1.54) is 28.6 Å². The molecular formula is C23H20ClF3N4O3S2. The van der Waals surface area contributed by atoms with Gasteiger partial charge in [-0.1, -0.05) is 23.7 Å². The fraction of sp³-hybridized carbons (Fsp3) is 0.261. The molecule has 3 heterocycles. The summed E-state index contributed by atoms with van der Waals surface area (Å²) in [5, 5.41) is 5.53. The molecule has 5 rings (SSSR count).